The maximum absolute atomic E-state index is 14.9. The summed E-state index contributed by atoms with van der Waals surface area (Å²) in [6.45, 7) is 14.4. The molecule has 6 aliphatic carbocycles. The first-order chi connectivity index (χ1) is 27.0. The number of aliphatic hydroxyl groups is 1. The molecule has 0 aromatic heterocycles. The average Bonchev–Trinajstić information content (AvgIpc) is 3.48. The number of epoxide rings is 1. The van der Waals surface area contributed by atoms with E-state index < -0.39 is 11.5 Å². The largest absolute Gasteiger partial charge is 0.508 e. The number of allylic oxidation sites excluding steroid dienone is 2. The van der Waals surface area contributed by atoms with Crippen molar-refractivity contribution in [2.75, 3.05) is 12.8 Å². The van der Waals surface area contributed by atoms with E-state index in [9.17, 15) is 19.8 Å². The van der Waals surface area contributed by atoms with Crippen molar-refractivity contribution < 1.29 is 24.5 Å². The highest BCUT2D eigenvalue weighted by Gasteiger charge is 2.73. The molecular formula is C50H68N2O5. The highest BCUT2D eigenvalue weighted by Crippen LogP contribution is 2.78. The summed E-state index contributed by atoms with van der Waals surface area (Å²) in [7, 11) is 1.91. The quantitative estimate of drug-likeness (QED) is 0.148. The van der Waals surface area contributed by atoms with Gasteiger partial charge in [0, 0.05) is 34.9 Å². The van der Waals surface area contributed by atoms with Crippen LogP contribution in [0.5, 0.6) is 5.75 Å². The second kappa shape index (κ2) is 13.5. The van der Waals surface area contributed by atoms with E-state index in [1.807, 2.05) is 25.2 Å². The van der Waals surface area contributed by atoms with E-state index in [2.05, 4.69) is 65.1 Å². The SMILES string of the molecule is CNCc1cc(O)cc(C2CC3(C)C(CCC45CCCC6C(=O)C(C(C)CC(O)C7OC7(C)C7CCCC7c7cccc(N)c7)=C(CCC34)C65C)C(C)(C)C2=O)c1. The lowest BCUT2D eigenvalue weighted by Gasteiger charge is -2.71. The minimum atomic E-state index is -0.631. The van der Waals surface area contributed by atoms with Crippen molar-refractivity contribution in [2.45, 2.75) is 155 Å². The summed E-state index contributed by atoms with van der Waals surface area (Å²) in [6, 6.07) is 14.1. The van der Waals surface area contributed by atoms with Crippen molar-refractivity contribution in [2.24, 2.45) is 51.2 Å². The standard InChI is InChI=1S/C50H68N2O5/c1-28(21-39(54)45-49(6,57-45)36-14-9-13-34(36)30-11-8-12-32(51)24-30)42-37-16-17-41-47(4)26-35(31-22-29(27-52-7)23-33(53)25-31)44(56)46(2,3)40(47)18-20-50(41)19-10-15-38(43(42)55)48(37,50)5/h8,11-12,22-25,28,34-36,38-41,45,52-54H,9-10,13-21,26-27,51H2,1-7H3. The fourth-order valence-corrected chi connectivity index (χ4v) is 16.1. The van der Waals surface area contributed by atoms with E-state index in [1.165, 1.54) is 11.1 Å². The molecule has 5 N–H and O–H groups in total. The van der Waals surface area contributed by atoms with E-state index in [-0.39, 0.29) is 57.4 Å². The molecule has 2 aromatic rings. The molecule has 7 heteroatoms. The highest BCUT2D eigenvalue weighted by molar-refractivity contribution is 6.02. The van der Waals surface area contributed by atoms with E-state index in [4.69, 9.17) is 10.5 Å². The first kappa shape index (κ1) is 39.5. The molecule has 1 spiro atoms. The van der Waals surface area contributed by atoms with Gasteiger partial charge in [-0.05, 0) is 165 Å². The van der Waals surface area contributed by atoms with E-state index in [0.717, 1.165) is 93.0 Å². The molecule has 0 bridgehead atoms. The molecule has 308 valence electrons. The predicted octanol–water partition coefficient (Wildman–Crippen LogP) is 9.40. The van der Waals surface area contributed by atoms with Gasteiger partial charge in [0.1, 0.15) is 17.6 Å². The van der Waals surface area contributed by atoms with E-state index in [0.29, 0.717) is 42.3 Å². The minimum Gasteiger partial charge on any atom is -0.508 e. The molecule has 13 atom stereocenters. The number of aliphatic hydroxyl groups excluding tert-OH is 1. The number of ether oxygens (including phenoxy) is 1. The summed E-state index contributed by atoms with van der Waals surface area (Å²) < 4.78 is 6.52. The van der Waals surface area contributed by atoms with Crippen molar-refractivity contribution in [3.8, 4) is 5.75 Å². The maximum atomic E-state index is 14.9. The number of rotatable bonds is 9. The number of nitrogens with two attached hydrogens (primary N) is 1. The molecule has 57 heavy (non-hydrogen) atoms. The van der Waals surface area contributed by atoms with Crippen LogP contribution in [0.2, 0.25) is 0 Å². The fourth-order valence-electron chi connectivity index (χ4n) is 16.1. The number of carbonyl (C=O) groups is 2. The van der Waals surface area contributed by atoms with Crippen LogP contribution in [0.4, 0.5) is 5.69 Å². The van der Waals surface area contributed by atoms with Crippen LogP contribution in [0.15, 0.2) is 53.6 Å². The van der Waals surface area contributed by atoms with Gasteiger partial charge < -0.3 is 26.0 Å². The number of Topliss-reactive ketones (excluding diaryl/α,β-unsaturated/α-hetero) is 2. The Morgan fingerprint density at radius 1 is 0.930 bits per heavy atom. The Kier molecular flexibility index (Phi) is 9.35. The summed E-state index contributed by atoms with van der Waals surface area (Å²) in [5.74, 6) is 1.93. The molecule has 6 fully saturated rings. The van der Waals surface area contributed by atoms with E-state index in [1.54, 1.807) is 6.07 Å². The number of anilines is 1. The Hall–Kier alpha value is -3.00. The average molecular weight is 777 g/mol. The lowest BCUT2D eigenvalue weighted by atomic mass is 9.32. The number of phenols is 1. The van der Waals surface area contributed by atoms with Gasteiger partial charge in [-0.25, -0.2) is 0 Å². The monoisotopic (exact) mass is 777 g/mol. The Bertz CT molecular complexity index is 2000. The molecular weight excluding hydrogens is 709 g/mol. The molecule has 0 amide bonds. The minimum absolute atomic E-state index is 0.00186. The third kappa shape index (κ3) is 5.59. The number of carbonyl (C=O) groups excluding carboxylic acids is 2. The maximum Gasteiger partial charge on any atom is 0.163 e. The van der Waals surface area contributed by atoms with Crippen LogP contribution in [0.25, 0.3) is 0 Å². The molecule has 7 nitrogen and oxygen atoms in total. The first-order valence-electron chi connectivity index (χ1n) is 22.5. The zero-order chi connectivity index (χ0) is 40.4. The van der Waals surface area contributed by atoms with Gasteiger partial charge in [-0.2, -0.15) is 0 Å². The molecule has 0 radical (unpaired) electrons. The van der Waals surface area contributed by atoms with Crippen LogP contribution in [0, 0.1) is 51.2 Å². The zero-order valence-electron chi connectivity index (χ0n) is 35.6. The van der Waals surface area contributed by atoms with Crippen LogP contribution >= 0.6 is 0 Å². The van der Waals surface area contributed by atoms with Gasteiger partial charge in [-0.3, -0.25) is 9.59 Å². The number of nitrogens with one attached hydrogen (secondary N) is 1. The number of nitrogen functional groups attached to an aromatic ring is 1. The van der Waals surface area contributed by atoms with Gasteiger partial charge in [0.2, 0.25) is 0 Å². The lowest BCUT2D eigenvalue weighted by Crippen LogP contribution is -2.66. The van der Waals surface area contributed by atoms with Crippen LogP contribution < -0.4 is 11.1 Å². The molecule has 9 rings (SSSR count). The van der Waals surface area contributed by atoms with Crippen molar-refractivity contribution >= 4 is 17.3 Å². The summed E-state index contributed by atoms with van der Waals surface area (Å²) in [6.07, 6.45) is 11.0. The smallest absolute Gasteiger partial charge is 0.163 e. The van der Waals surface area contributed by atoms with Crippen molar-refractivity contribution in [1.82, 2.24) is 5.32 Å². The second-order valence-corrected chi connectivity index (χ2v) is 21.3. The molecule has 1 heterocycles. The van der Waals surface area contributed by atoms with Gasteiger partial charge in [-0.15, -0.1) is 0 Å². The van der Waals surface area contributed by atoms with E-state index >= 15 is 0 Å². The lowest BCUT2D eigenvalue weighted by molar-refractivity contribution is -0.206. The van der Waals surface area contributed by atoms with Gasteiger partial charge in [0.05, 0.1) is 11.7 Å². The van der Waals surface area contributed by atoms with Crippen molar-refractivity contribution in [1.29, 1.82) is 0 Å². The van der Waals surface area contributed by atoms with Crippen LogP contribution in [-0.2, 0) is 20.9 Å². The van der Waals surface area contributed by atoms with Gasteiger partial charge >= 0.3 is 0 Å². The number of phenolic OH excluding ortho intramolecular Hbond substituents is 1. The Morgan fingerprint density at radius 2 is 1.72 bits per heavy atom. The number of hydrogen-bond acceptors (Lipinski definition) is 7. The van der Waals surface area contributed by atoms with Crippen molar-refractivity contribution in [3.63, 3.8) is 0 Å². The number of fused-ring (bicyclic) bond motifs is 2. The third-order valence-corrected chi connectivity index (χ3v) is 18.4. The van der Waals surface area contributed by atoms with Gasteiger partial charge in [0.25, 0.3) is 0 Å². The number of ketones is 2. The van der Waals surface area contributed by atoms with Gasteiger partial charge in [-0.1, -0.05) is 71.2 Å². The molecule has 1 saturated heterocycles. The molecule has 13 unspecified atom stereocenters. The Labute approximate surface area is 341 Å². The third-order valence-electron chi connectivity index (χ3n) is 18.4. The Morgan fingerprint density at radius 3 is 2.47 bits per heavy atom. The highest BCUT2D eigenvalue weighted by atomic mass is 16.6. The molecule has 5 saturated carbocycles. The Balaban J connectivity index is 1.00. The summed E-state index contributed by atoms with van der Waals surface area (Å²) in [5.41, 5.74) is 11.5. The second-order valence-electron chi connectivity index (χ2n) is 21.3. The zero-order valence-corrected chi connectivity index (χ0v) is 35.6. The topological polar surface area (TPSA) is 125 Å². The summed E-state index contributed by atoms with van der Waals surface area (Å²) in [4.78, 5) is 29.5. The van der Waals surface area contributed by atoms with Crippen molar-refractivity contribution in [3.05, 3.63) is 70.3 Å². The van der Waals surface area contributed by atoms with Gasteiger partial charge in [0.15, 0.2) is 5.78 Å². The molecule has 2 aromatic carbocycles. The normalized spacial score (nSPS) is 41.6. The molecule has 7 aliphatic rings. The summed E-state index contributed by atoms with van der Waals surface area (Å²) >= 11 is 0. The first-order valence-corrected chi connectivity index (χ1v) is 22.5. The van der Waals surface area contributed by atoms with Crippen LogP contribution in [0.1, 0.15) is 147 Å². The predicted molar refractivity (Wildman–Crippen MR) is 224 cm³/mol. The number of hydrogen-bond donors (Lipinski definition) is 4. The molecule has 1 aliphatic heterocycles. The van der Waals surface area contributed by atoms with Crippen LogP contribution in [0.3, 0.4) is 0 Å². The number of aromatic hydroxyl groups is 1. The fraction of sp³-hybridized carbons (Fsp3) is 0.680. The summed E-state index contributed by atoms with van der Waals surface area (Å²) in [5, 5.41) is 26.0. The number of benzene rings is 2. The van der Waals surface area contributed by atoms with Crippen LogP contribution in [-0.4, -0.2) is 46.6 Å².